The molecule has 24 heavy (non-hydrogen) atoms. The number of aromatic nitrogens is 3. The standard InChI is InChI=1S/C18H18ClN5/c1-12-8-9-15(19)10-16(12)22-18-23-17(11-20-24-18)21-13(2)14-6-4-3-5-7-14/h3-11,13H,1-2H3,(H2,21,22,23,24). The van der Waals surface area contributed by atoms with Gasteiger partial charge in [0.2, 0.25) is 5.95 Å². The number of hydrogen-bond acceptors (Lipinski definition) is 5. The number of halogens is 1. The zero-order chi connectivity index (χ0) is 16.9. The summed E-state index contributed by atoms with van der Waals surface area (Å²) in [6.45, 7) is 4.07. The van der Waals surface area contributed by atoms with E-state index in [1.54, 1.807) is 6.20 Å². The highest BCUT2D eigenvalue weighted by Gasteiger charge is 2.08. The van der Waals surface area contributed by atoms with Gasteiger partial charge in [0.25, 0.3) is 0 Å². The largest absolute Gasteiger partial charge is 0.362 e. The molecule has 0 saturated heterocycles. The second kappa shape index (κ2) is 7.27. The van der Waals surface area contributed by atoms with E-state index in [1.807, 2.05) is 43.3 Å². The molecule has 5 nitrogen and oxygen atoms in total. The highest BCUT2D eigenvalue weighted by molar-refractivity contribution is 6.30. The number of hydrogen-bond donors (Lipinski definition) is 2. The Labute approximate surface area is 146 Å². The highest BCUT2D eigenvalue weighted by atomic mass is 35.5. The monoisotopic (exact) mass is 339 g/mol. The smallest absolute Gasteiger partial charge is 0.249 e. The summed E-state index contributed by atoms with van der Waals surface area (Å²) in [7, 11) is 0. The van der Waals surface area contributed by atoms with Gasteiger partial charge in [-0.25, -0.2) is 0 Å². The minimum Gasteiger partial charge on any atom is -0.362 e. The highest BCUT2D eigenvalue weighted by Crippen LogP contribution is 2.23. The maximum atomic E-state index is 6.04. The van der Waals surface area contributed by atoms with Gasteiger partial charge in [0.15, 0.2) is 5.82 Å². The molecular weight excluding hydrogens is 322 g/mol. The SMILES string of the molecule is Cc1ccc(Cl)cc1Nc1nncc(NC(C)c2ccccc2)n1. The van der Waals surface area contributed by atoms with Gasteiger partial charge in [0, 0.05) is 16.8 Å². The van der Waals surface area contributed by atoms with Crippen molar-refractivity contribution in [3.05, 3.63) is 70.9 Å². The van der Waals surface area contributed by atoms with Crippen LogP contribution in [0.3, 0.4) is 0 Å². The second-order valence-electron chi connectivity index (χ2n) is 5.53. The van der Waals surface area contributed by atoms with Crippen molar-refractivity contribution in [1.29, 1.82) is 0 Å². The molecule has 3 aromatic rings. The molecule has 2 N–H and O–H groups in total. The number of rotatable bonds is 5. The van der Waals surface area contributed by atoms with Crippen LogP contribution in [0.25, 0.3) is 0 Å². The summed E-state index contributed by atoms with van der Waals surface area (Å²) in [4.78, 5) is 4.47. The average Bonchev–Trinajstić information content (AvgIpc) is 2.59. The number of benzene rings is 2. The first-order chi connectivity index (χ1) is 11.6. The van der Waals surface area contributed by atoms with E-state index in [0.717, 1.165) is 11.3 Å². The fourth-order valence-electron chi connectivity index (χ4n) is 2.32. The first-order valence-electron chi connectivity index (χ1n) is 7.66. The van der Waals surface area contributed by atoms with Crippen LogP contribution in [0.1, 0.15) is 24.1 Å². The lowest BCUT2D eigenvalue weighted by atomic mass is 10.1. The molecule has 0 aliphatic carbocycles. The van der Waals surface area contributed by atoms with Gasteiger partial charge in [0.1, 0.15) is 0 Å². The number of anilines is 3. The van der Waals surface area contributed by atoms with E-state index in [0.29, 0.717) is 16.8 Å². The van der Waals surface area contributed by atoms with Gasteiger partial charge in [-0.3, -0.25) is 0 Å². The normalized spacial score (nSPS) is 11.8. The quantitative estimate of drug-likeness (QED) is 0.702. The molecule has 1 heterocycles. The van der Waals surface area contributed by atoms with Gasteiger partial charge in [-0.1, -0.05) is 48.0 Å². The first kappa shape index (κ1) is 16.2. The van der Waals surface area contributed by atoms with E-state index in [9.17, 15) is 0 Å². The van der Waals surface area contributed by atoms with Crippen LogP contribution < -0.4 is 10.6 Å². The molecule has 2 aromatic carbocycles. The number of nitrogens with one attached hydrogen (secondary N) is 2. The Morgan fingerprint density at radius 1 is 1.08 bits per heavy atom. The Bertz CT molecular complexity index is 823. The molecule has 1 aromatic heterocycles. The Morgan fingerprint density at radius 2 is 1.88 bits per heavy atom. The van der Waals surface area contributed by atoms with Gasteiger partial charge < -0.3 is 10.6 Å². The predicted octanol–water partition coefficient (Wildman–Crippen LogP) is 4.75. The molecule has 122 valence electrons. The number of nitrogens with zero attached hydrogens (tertiary/aromatic N) is 3. The lowest BCUT2D eigenvalue weighted by Gasteiger charge is -2.15. The third-order valence-electron chi connectivity index (χ3n) is 3.67. The van der Waals surface area contributed by atoms with Crippen LogP contribution in [-0.4, -0.2) is 15.2 Å². The molecule has 1 atom stereocenters. The summed E-state index contributed by atoms with van der Waals surface area (Å²) in [6, 6.07) is 15.9. The van der Waals surface area contributed by atoms with E-state index >= 15 is 0 Å². The van der Waals surface area contributed by atoms with Crippen LogP contribution in [0.5, 0.6) is 0 Å². The van der Waals surface area contributed by atoms with E-state index in [1.165, 1.54) is 5.56 Å². The molecule has 0 aliphatic rings. The van der Waals surface area contributed by atoms with Crippen molar-refractivity contribution >= 4 is 29.1 Å². The maximum Gasteiger partial charge on any atom is 0.249 e. The molecule has 0 saturated carbocycles. The fourth-order valence-corrected chi connectivity index (χ4v) is 2.49. The van der Waals surface area contributed by atoms with Crippen LogP contribution in [0, 0.1) is 6.92 Å². The van der Waals surface area contributed by atoms with Crippen molar-refractivity contribution < 1.29 is 0 Å². The zero-order valence-corrected chi connectivity index (χ0v) is 14.2. The van der Waals surface area contributed by atoms with Crippen molar-refractivity contribution in [2.45, 2.75) is 19.9 Å². The molecule has 0 aliphatic heterocycles. The Morgan fingerprint density at radius 3 is 2.67 bits per heavy atom. The minimum absolute atomic E-state index is 0.114. The van der Waals surface area contributed by atoms with Crippen LogP contribution in [0.4, 0.5) is 17.5 Å². The molecular formula is C18H18ClN5. The third-order valence-corrected chi connectivity index (χ3v) is 3.90. The molecule has 0 radical (unpaired) electrons. The third kappa shape index (κ3) is 4.00. The topological polar surface area (TPSA) is 62.7 Å². The Kier molecular flexibility index (Phi) is 4.91. The molecule has 3 rings (SSSR count). The second-order valence-corrected chi connectivity index (χ2v) is 5.96. The van der Waals surface area contributed by atoms with Crippen molar-refractivity contribution in [2.24, 2.45) is 0 Å². The van der Waals surface area contributed by atoms with E-state index in [-0.39, 0.29) is 6.04 Å². The van der Waals surface area contributed by atoms with Crippen molar-refractivity contribution in [2.75, 3.05) is 10.6 Å². The van der Waals surface area contributed by atoms with Crippen LogP contribution >= 0.6 is 11.6 Å². The summed E-state index contributed by atoms with van der Waals surface area (Å²) < 4.78 is 0. The van der Waals surface area contributed by atoms with E-state index in [2.05, 4.69) is 44.9 Å². The first-order valence-corrected chi connectivity index (χ1v) is 8.04. The van der Waals surface area contributed by atoms with Crippen LogP contribution in [0.2, 0.25) is 5.02 Å². The lowest BCUT2D eigenvalue weighted by molar-refractivity contribution is 0.861. The maximum absolute atomic E-state index is 6.04. The van der Waals surface area contributed by atoms with Crippen LogP contribution in [-0.2, 0) is 0 Å². The molecule has 0 fully saturated rings. The molecule has 0 amide bonds. The van der Waals surface area contributed by atoms with Gasteiger partial charge in [-0.2, -0.15) is 10.1 Å². The van der Waals surface area contributed by atoms with E-state index < -0.39 is 0 Å². The molecule has 6 heteroatoms. The fraction of sp³-hybridized carbons (Fsp3) is 0.167. The average molecular weight is 340 g/mol. The van der Waals surface area contributed by atoms with Gasteiger partial charge in [0.05, 0.1) is 6.20 Å². The molecule has 1 unspecified atom stereocenters. The summed E-state index contributed by atoms with van der Waals surface area (Å²) in [5, 5.41) is 15.2. The molecule has 0 bridgehead atoms. The summed E-state index contributed by atoms with van der Waals surface area (Å²) >= 11 is 6.04. The molecule has 0 spiro atoms. The Balaban J connectivity index is 1.76. The van der Waals surface area contributed by atoms with Crippen molar-refractivity contribution in [1.82, 2.24) is 15.2 Å². The van der Waals surface area contributed by atoms with Crippen molar-refractivity contribution in [3.63, 3.8) is 0 Å². The van der Waals surface area contributed by atoms with Gasteiger partial charge in [-0.15, -0.1) is 5.10 Å². The van der Waals surface area contributed by atoms with E-state index in [4.69, 9.17) is 11.6 Å². The zero-order valence-electron chi connectivity index (χ0n) is 13.5. The lowest BCUT2D eigenvalue weighted by Crippen LogP contribution is -2.10. The number of aryl methyl sites for hydroxylation is 1. The summed E-state index contributed by atoms with van der Waals surface area (Å²) in [6.07, 6.45) is 1.61. The summed E-state index contributed by atoms with van der Waals surface area (Å²) in [5.41, 5.74) is 3.09. The Hall–Kier alpha value is -2.66. The van der Waals surface area contributed by atoms with Crippen molar-refractivity contribution in [3.8, 4) is 0 Å². The van der Waals surface area contributed by atoms with Gasteiger partial charge in [-0.05, 0) is 37.1 Å². The summed E-state index contributed by atoms with van der Waals surface area (Å²) in [5.74, 6) is 1.08. The van der Waals surface area contributed by atoms with Crippen LogP contribution in [0.15, 0.2) is 54.7 Å². The minimum atomic E-state index is 0.114. The predicted molar refractivity (Wildman–Crippen MR) is 97.8 cm³/mol. The van der Waals surface area contributed by atoms with Gasteiger partial charge >= 0.3 is 0 Å².